The number of rotatable bonds is 5. The first-order valence-corrected chi connectivity index (χ1v) is 9.28. The molecule has 2 fully saturated rings. The molecule has 1 aliphatic carbocycles. The van der Waals surface area contributed by atoms with Gasteiger partial charge in [-0.1, -0.05) is 12.1 Å². The maximum Gasteiger partial charge on any atom is 0.228 e. The number of aromatic amines is 1. The second kappa shape index (κ2) is 6.25. The number of nitrogens with one attached hydrogen (secondary N) is 2. The summed E-state index contributed by atoms with van der Waals surface area (Å²) in [6.45, 7) is 1.00. The van der Waals surface area contributed by atoms with Gasteiger partial charge in [0.25, 0.3) is 0 Å². The van der Waals surface area contributed by atoms with E-state index in [0.717, 1.165) is 41.9 Å². The molecule has 7 nitrogen and oxygen atoms in total. The van der Waals surface area contributed by atoms with E-state index >= 15 is 0 Å². The van der Waals surface area contributed by atoms with Crippen LogP contribution in [0.1, 0.15) is 37.3 Å². The molecular weight excluding hydrogens is 328 g/mol. The van der Waals surface area contributed by atoms with E-state index in [1.54, 1.807) is 0 Å². The number of nitrogens with zero attached hydrogens (tertiary/aromatic N) is 4. The SMILES string of the molecule is OCC1CCCN1c1nc(Nc2cc(C3CC3)[nH]n2)c2ccccc2n1. The standard InChI is InChI=1S/C19H22N6O/c26-11-13-4-3-9-25(13)19-20-15-6-2-1-5-14(15)18(22-19)21-17-10-16(23-24-17)12-7-8-12/h1-2,5-6,10,12-13,26H,3-4,7-9,11H2,(H2,20,21,22,23,24). The predicted octanol–water partition coefficient (Wildman–Crippen LogP) is 2.94. The van der Waals surface area contributed by atoms with Crippen molar-refractivity contribution in [2.24, 2.45) is 0 Å². The molecule has 1 saturated heterocycles. The molecule has 1 aromatic carbocycles. The first kappa shape index (κ1) is 15.6. The van der Waals surface area contributed by atoms with Gasteiger partial charge in [-0.25, -0.2) is 4.98 Å². The first-order valence-electron chi connectivity index (χ1n) is 9.28. The van der Waals surface area contributed by atoms with Crippen molar-refractivity contribution in [1.82, 2.24) is 20.2 Å². The molecule has 3 heterocycles. The van der Waals surface area contributed by atoms with Crippen LogP contribution in [0, 0.1) is 0 Å². The molecular formula is C19H22N6O. The minimum absolute atomic E-state index is 0.0934. The molecule has 1 saturated carbocycles. The van der Waals surface area contributed by atoms with E-state index in [1.165, 1.54) is 18.5 Å². The Bertz CT molecular complexity index is 935. The summed E-state index contributed by atoms with van der Waals surface area (Å²) in [5, 5.41) is 21.5. The number of H-pyrrole nitrogens is 1. The van der Waals surface area contributed by atoms with E-state index < -0.39 is 0 Å². The van der Waals surface area contributed by atoms with E-state index in [9.17, 15) is 5.11 Å². The van der Waals surface area contributed by atoms with Crippen LogP contribution < -0.4 is 10.2 Å². The molecule has 0 amide bonds. The van der Waals surface area contributed by atoms with Crippen LogP contribution in [0.2, 0.25) is 0 Å². The Balaban J connectivity index is 1.53. The van der Waals surface area contributed by atoms with Gasteiger partial charge in [0.05, 0.1) is 18.2 Å². The highest BCUT2D eigenvalue weighted by Crippen LogP contribution is 2.40. The number of anilines is 3. The van der Waals surface area contributed by atoms with Gasteiger partial charge in [-0.3, -0.25) is 5.10 Å². The normalized spacial score (nSPS) is 20.0. The van der Waals surface area contributed by atoms with Gasteiger partial charge in [0.1, 0.15) is 5.82 Å². The van der Waals surface area contributed by atoms with Crippen molar-refractivity contribution in [2.75, 3.05) is 23.4 Å². The van der Waals surface area contributed by atoms with Crippen LogP contribution in [-0.4, -0.2) is 44.5 Å². The summed E-state index contributed by atoms with van der Waals surface area (Å²) in [6.07, 6.45) is 4.49. The van der Waals surface area contributed by atoms with Crippen LogP contribution in [0.25, 0.3) is 10.9 Å². The molecule has 0 radical (unpaired) electrons. The van der Waals surface area contributed by atoms with Gasteiger partial charge in [-0.2, -0.15) is 10.1 Å². The number of fused-ring (bicyclic) bond motifs is 1. The lowest BCUT2D eigenvalue weighted by atomic mass is 10.2. The summed E-state index contributed by atoms with van der Waals surface area (Å²) in [7, 11) is 0. The van der Waals surface area contributed by atoms with Crippen molar-refractivity contribution in [1.29, 1.82) is 0 Å². The average molecular weight is 350 g/mol. The van der Waals surface area contributed by atoms with E-state index in [4.69, 9.17) is 9.97 Å². The number of aliphatic hydroxyl groups is 1. The molecule has 1 aliphatic heterocycles. The molecule has 134 valence electrons. The molecule has 1 atom stereocenters. The lowest BCUT2D eigenvalue weighted by molar-refractivity contribution is 0.265. The summed E-state index contributed by atoms with van der Waals surface area (Å²) in [5.41, 5.74) is 2.08. The van der Waals surface area contributed by atoms with Crippen molar-refractivity contribution in [3.05, 3.63) is 36.0 Å². The monoisotopic (exact) mass is 350 g/mol. The molecule has 2 aliphatic rings. The third-order valence-electron chi connectivity index (χ3n) is 5.30. The van der Waals surface area contributed by atoms with E-state index in [0.29, 0.717) is 11.9 Å². The van der Waals surface area contributed by atoms with Gasteiger partial charge in [0.15, 0.2) is 5.82 Å². The highest BCUT2D eigenvalue weighted by molar-refractivity contribution is 5.91. The lowest BCUT2D eigenvalue weighted by Crippen LogP contribution is -2.33. The zero-order chi connectivity index (χ0) is 17.5. The van der Waals surface area contributed by atoms with Gasteiger partial charge < -0.3 is 15.3 Å². The fourth-order valence-electron chi connectivity index (χ4n) is 3.70. The topological polar surface area (TPSA) is 90.0 Å². The van der Waals surface area contributed by atoms with Gasteiger partial charge in [-0.15, -0.1) is 0 Å². The number of aromatic nitrogens is 4. The van der Waals surface area contributed by atoms with Gasteiger partial charge in [-0.05, 0) is 37.8 Å². The Morgan fingerprint density at radius 1 is 1.19 bits per heavy atom. The number of hydrogen-bond donors (Lipinski definition) is 3. The highest BCUT2D eigenvalue weighted by Gasteiger charge is 2.27. The average Bonchev–Trinajstić information content (AvgIpc) is 3.23. The Morgan fingerprint density at radius 3 is 2.92 bits per heavy atom. The van der Waals surface area contributed by atoms with Crippen molar-refractivity contribution < 1.29 is 5.11 Å². The maximum atomic E-state index is 9.65. The number of hydrogen-bond acceptors (Lipinski definition) is 6. The van der Waals surface area contributed by atoms with Crippen LogP contribution in [0.3, 0.4) is 0 Å². The second-order valence-electron chi connectivity index (χ2n) is 7.17. The van der Waals surface area contributed by atoms with E-state index in [-0.39, 0.29) is 12.6 Å². The largest absolute Gasteiger partial charge is 0.394 e. The van der Waals surface area contributed by atoms with Crippen LogP contribution in [0.15, 0.2) is 30.3 Å². The summed E-state index contributed by atoms with van der Waals surface area (Å²) >= 11 is 0. The number of para-hydroxylation sites is 1. The number of aliphatic hydroxyl groups excluding tert-OH is 1. The Labute approximate surface area is 151 Å². The third-order valence-corrected chi connectivity index (χ3v) is 5.30. The van der Waals surface area contributed by atoms with Gasteiger partial charge in [0, 0.05) is 29.6 Å². The molecule has 3 N–H and O–H groups in total. The lowest BCUT2D eigenvalue weighted by Gasteiger charge is -2.23. The molecule has 26 heavy (non-hydrogen) atoms. The van der Waals surface area contributed by atoms with Crippen LogP contribution in [0.5, 0.6) is 0 Å². The molecule has 1 unspecified atom stereocenters. The summed E-state index contributed by atoms with van der Waals surface area (Å²) in [5.74, 6) is 2.83. The molecule has 0 bridgehead atoms. The van der Waals surface area contributed by atoms with Crippen molar-refractivity contribution >= 4 is 28.5 Å². The third kappa shape index (κ3) is 2.78. The fourth-order valence-corrected chi connectivity index (χ4v) is 3.70. The van der Waals surface area contributed by atoms with Crippen LogP contribution in [-0.2, 0) is 0 Å². The fraction of sp³-hybridized carbons (Fsp3) is 0.421. The minimum Gasteiger partial charge on any atom is -0.394 e. The Hall–Kier alpha value is -2.67. The summed E-state index contributed by atoms with van der Waals surface area (Å²) < 4.78 is 0. The first-order chi connectivity index (χ1) is 12.8. The molecule has 7 heteroatoms. The van der Waals surface area contributed by atoms with Crippen LogP contribution >= 0.6 is 0 Å². The Morgan fingerprint density at radius 2 is 2.08 bits per heavy atom. The zero-order valence-corrected chi connectivity index (χ0v) is 14.5. The molecule has 0 spiro atoms. The molecule has 2 aromatic heterocycles. The Kier molecular flexibility index (Phi) is 3.74. The highest BCUT2D eigenvalue weighted by atomic mass is 16.3. The summed E-state index contributed by atoms with van der Waals surface area (Å²) in [6, 6.07) is 10.1. The van der Waals surface area contributed by atoms with E-state index in [2.05, 4.69) is 26.5 Å². The summed E-state index contributed by atoms with van der Waals surface area (Å²) in [4.78, 5) is 11.6. The van der Waals surface area contributed by atoms with Gasteiger partial charge >= 0.3 is 0 Å². The minimum atomic E-state index is 0.0934. The van der Waals surface area contributed by atoms with Crippen LogP contribution in [0.4, 0.5) is 17.6 Å². The van der Waals surface area contributed by atoms with Crippen molar-refractivity contribution in [3.63, 3.8) is 0 Å². The van der Waals surface area contributed by atoms with Crippen molar-refractivity contribution in [3.8, 4) is 0 Å². The quantitative estimate of drug-likeness (QED) is 0.655. The second-order valence-corrected chi connectivity index (χ2v) is 7.17. The van der Waals surface area contributed by atoms with E-state index in [1.807, 2.05) is 24.3 Å². The van der Waals surface area contributed by atoms with Crippen molar-refractivity contribution in [2.45, 2.75) is 37.6 Å². The predicted molar refractivity (Wildman–Crippen MR) is 101 cm³/mol. The van der Waals surface area contributed by atoms with Gasteiger partial charge in [0.2, 0.25) is 5.95 Å². The zero-order valence-electron chi connectivity index (χ0n) is 14.5. The molecule has 3 aromatic rings. The molecule has 5 rings (SSSR count). The number of benzene rings is 1. The maximum absolute atomic E-state index is 9.65. The smallest absolute Gasteiger partial charge is 0.228 e.